The van der Waals surface area contributed by atoms with Crippen LogP contribution in [0.1, 0.15) is 47.1 Å². The van der Waals surface area contributed by atoms with Crippen LogP contribution < -0.4 is 0 Å². The largest absolute Gasteiger partial charge is 0.361 e. The Balaban J connectivity index is 1.47. The number of aromatic nitrogens is 3. The standard InChI is InChI=1S/C28H23N3/c1-4-10-24-17(7-1)22(15-29-24)19-13-14-20(23-16-30-25-11-5-2-8-18(23)25)28-27(19)21-9-3-6-12-26(21)31-28/h1-12,15-16,19-20,29-31H,13-14H2. The predicted octanol–water partition coefficient (Wildman–Crippen LogP) is 7.19. The maximum absolute atomic E-state index is 3.84. The number of hydrogen-bond acceptors (Lipinski definition) is 0. The molecule has 2 unspecified atom stereocenters. The van der Waals surface area contributed by atoms with Crippen LogP contribution in [0.5, 0.6) is 0 Å². The van der Waals surface area contributed by atoms with Crippen molar-refractivity contribution in [3.63, 3.8) is 0 Å². The van der Waals surface area contributed by atoms with E-state index < -0.39 is 0 Å². The summed E-state index contributed by atoms with van der Waals surface area (Å²) in [6.07, 6.45) is 6.72. The number of para-hydroxylation sites is 3. The predicted molar refractivity (Wildman–Crippen MR) is 128 cm³/mol. The summed E-state index contributed by atoms with van der Waals surface area (Å²) in [5, 5.41) is 4.04. The first-order valence-electron chi connectivity index (χ1n) is 11.1. The average Bonchev–Trinajstić information content (AvgIpc) is 3.53. The molecule has 31 heavy (non-hydrogen) atoms. The summed E-state index contributed by atoms with van der Waals surface area (Å²) in [4.78, 5) is 10.8. The van der Waals surface area contributed by atoms with E-state index in [1.165, 1.54) is 55.1 Å². The number of aromatic amines is 3. The molecule has 3 nitrogen and oxygen atoms in total. The Labute approximate surface area is 180 Å². The fourth-order valence-electron chi connectivity index (χ4n) is 5.84. The van der Waals surface area contributed by atoms with Gasteiger partial charge in [0.2, 0.25) is 0 Å². The van der Waals surface area contributed by atoms with Gasteiger partial charge in [0.15, 0.2) is 0 Å². The van der Waals surface area contributed by atoms with E-state index >= 15 is 0 Å². The third-order valence-electron chi connectivity index (χ3n) is 7.21. The zero-order valence-electron chi connectivity index (χ0n) is 17.2. The summed E-state index contributed by atoms with van der Waals surface area (Å²) >= 11 is 0. The van der Waals surface area contributed by atoms with E-state index in [0.717, 1.165) is 12.8 Å². The first-order chi connectivity index (χ1) is 15.4. The van der Waals surface area contributed by atoms with Crippen molar-refractivity contribution in [2.75, 3.05) is 0 Å². The minimum Gasteiger partial charge on any atom is -0.361 e. The molecule has 0 amide bonds. The second-order valence-corrected chi connectivity index (χ2v) is 8.76. The van der Waals surface area contributed by atoms with E-state index in [2.05, 4.69) is 100 Å². The van der Waals surface area contributed by atoms with E-state index in [9.17, 15) is 0 Å². The molecule has 0 spiro atoms. The Kier molecular flexibility index (Phi) is 3.50. The van der Waals surface area contributed by atoms with Gasteiger partial charge in [-0.15, -0.1) is 0 Å². The highest BCUT2D eigenvalue weighted by atomic mass is 14.8. The van der Waals surface area contributed by atoms with Gasteiger partial charge in [-0.1, -0.05) is 54.6 Å². The van der Waals surface area contributed by atoms with Gasteiger partial charge in [0.05, 0.1) is 0 Å². The van der Waals surface area contributed by atoms with Crippen molar-refractivity contribution in [3.8, 4) is 0 Å². The molecule has 2 atom stereocenters. The van der Waals surface area contributed by atoms with Crippen LogP contribution in [0.25, 0.3) is 32.7 Å². The van der Waals surface area contributed by atoms with Crippen molar-refractivity contribution >= 4 is 32.7 Å². The molecular formula is C28H23N3. The Morgan fingerprint density at radius 1 is 0.548 bits per heavy atom. The van der Waals surface area contributed by atoms with Gasteiger partial charge < -0.3 is 15.0 Å². The molecule has 6 aromatic rings. The van der Waals surface area contributed by atoms with Gasteiger partial charge in [-0.25, -0.2) is 0 Å². The quantitative estimate of drug-likeness (QED) is 0.275. The van der Waals surface area contributed by atoms with Crippen molar-refractivity contribution in [2.45, 2.75) is 24.7 Å². The number of fused-ring (bicyclic) bond motifs is 5. The molecule has 0 fully saturated rings. The van der Waals surface area contributed by atoms with Crippen LogP contribution in [-0.4, -0.2) is 15.0 Å². The maximum atomic E-state index is 3.84. The topological polar surface area (TPSA) is 47.4 Å². The minimum absolute atomic E-state index is 0.375. The first kappa shape index (κ1) is 17.0. The summed E-state index contributed by atoms with van der Waals surface area (Å²) in [6.45, 7) is 0. The monoisotopic (exact) mass is 401 g/mol. The average molecular weight is 402 g/mol. The second kappa shape index (κ2) is 6.39. The van der Waals surface area contributed by atoms with Crippen LogP contribution in [-0.2, 0) is 0 Å². The van der Waals surface area contributed by atoms with Crippen LogP contribution in [0.3, 0.4) is 0 Å². The van der Waals surface area contributed by atoms with Crippen LogP contribution in [0.4, 0.5) is 0 Å². The zero-order chi connectivity index (χ0) is 20.4. The van der Waals surface area contributed by atoms with E-state index in [1.54, 1.807) is 0 Å². The molecule has 0 saturated carbocycles. The van der Waals surface area contributed by atoms with Crippen LogP contribution in [0.15, 0.2) is 85.2 Å². The first-order valence-corrected chi connectivity index (χ1v) is 11.1. The summed E-state index contributed by atoms with van der Waals surface area (Å²) in [5.41, 5.74) is 9.35. The lowest BCUT2D eigenvalue weighted by atomic mass is 9.74. The van der Waals surface area contributed by atoms with Gasteiger partial charge in [-0.2, -0.15) is 0 Å². The zero-order valence-corrected chi connectivity index (χ0v) is 17.2. The van der Waals surface area contributed by atoms with Crippen LogP contribution in [0.2, 0.25) is 0 Å². The lowest BCUT2D eigenvalue weighted by Gasteiger charge is -2.29. The van der Waals surface area contributed by atoms with Crippen molar-refractivity contribution in [1.29, 1.82) is 0 Å². The Bertz CT molecular complexity index is 1560. The highest BCUT2D eigenvalue weighted by Crippen LogP contribution is 2.49. The van der Waals surface area contributed by atoms with Crippen molar-refractivity contribution in [2.24, 2.45) is 0 Å². The molecule has 3 heteroatoms. The van der Waals surface area contributed by atoms with Crippen molar-refractivity contribution in [1.82, 2.24) is 15.0 Å². The van der Waals surface area contributed by atoms with Gasteiger partial charge in [-0.05, 0) is 47.7 Å². The van der Waals surface area contributed by atoms with E-state index in [1.807, 2.05) is 0 Å². The molecule has 0 aliphatic heterocycles. The lowest BCUT2D eigenvalue weighted by Crippen LogP contribution is -2.15. The van der Waals surface area contributed by atoms with Gasteiger partial charge in [-0.3, -0.25) is 0 Å². The van der Waals surface area contributed by atoms with E-state index in [0.29, 0.717) is 11.8 Å². The molecular weight excluding hydrogens is 378 g/mol. The normalized spacial score (nSPS) is 18.7. The van der Waals surface area contributed by atoms with Gasteiger partial charge in [0, 0.05) is 62.6 Å². The van der Waals surface area contributed by atoms with Crippen molar-refractivity contribution < 1.29 is 0 Å². The molecule has 7 rings (SSSR count). The molecule has 3 aromatic heterocycles. The number of benzene rings is 3. The highest BCUT2D eigenvalue weighted by molar-refractivity contribution is 5.91. The fraction of sp³-hybridized carbons (Fsp3) is 0.143. The molecule has 1 aliphatic carbocycles. The lowest BCUT2D eigenvalue weighted by molar-refractivity contribution is 0.565. The van der Waals surface area contributed by atoms with E-state index in [-0.39, 0.29) is 0 Å². The SMILES string of the molecule is c1ccc2c(C3CCC(c4c[nH]c5ccccc45)c4c3[nH]c3ccccc43)c[nH]c2c1. The Hall–Kier alpha value is -3.72. The number of rotatable bonds is 2. The summed E-state index contributed by atoms with van der Waals surface area (Å²) < 4.78 is 0. The number of nitrogens with one attached hydrogen (secondary N) is 3. The fourth-order valence-corrected chi connectivity index (χ4v) is 5.84. The molecule has 3 N–H and O–H groups in total. The summed E-state index contributed by atoms with van der Waals surface area (Å²) in [5.74, 6) is 0.767. The smallest absolute Gasteiger partial charge is 0.0459 e. The Morgan fingerprint density at radius 2 is 1.06 bits per heavy atom. The summed E-state index contributed by atoms with van der Waals surface area (Å²) in [7, 11) is 0. The third kappa shape index (κ3) is 2.40. The van der Waals surface area contributed by atoms with Gasteiger partial charge in [0.25, 0.3) is 0 Å². The molecule has 3 aromatic carbocycles. The molecule has 150 valence electrons. The van der Waals surface area contributed by atoms with Gasteiger partial charge >= 0.3 is 0 Å². The molecule has 0 saturated heterocycles. The van der Waals surface area contributed by atoms with Crippen LogP contribution in [0, 0.1) is 0 Å². The Morgan fingerprint density at radius 3 is 1.74 bits per heavy atom. The van der Waals surface area contributed by atoms with E-state index in [4.69, 9.17) is 0 Å². The van der Waals surface area contributed by atoms with Crippen LogP contribution >= 0.6 is 0 Å². The molecule has 0 bridgehead atoms. The molecule has 1 aliphatic rings. The maximum Gasteiger partial charge on any atom is 0.0459 e. The highest BCUT2D eigenvalue weighted by Gasteiger charge is 2.34. The molecule has 0 radical (unpaired) electrons. The summed E-state index contributed by atoms with van der Waals surface area (Å²) in [6, 6.07) is 26.1. The second-order valence-electron chi connectivity index (χ2n) is 8.76. The minimum atomic E-state index is 0.375. The third-order valence-corrected chi connectivity index (χ3v) is 7.21. The molecule has 3 heterocycles. The number of hydrogen-bond donors (Lipinski definition) is 3. The number of H-pyrrole nitrogens is 3. The van der Waals surface area contributed by atoms with Crippen molar-refractivity contribution in [3.05, 3.63) is 108 Å². The van der Waals surface area contributed by atoms with Gasteiger partial charge in [0.1, 0.15) is 0 Å².